The summed E-state index contributed by atoms with van der Waals surface area (Å²) in [6, 6.07) is 6.80. The van der Waals surface area contributed by atoms with E-state index >= 15 is 0 Å². The van der Waals surface area contributed by atoms with Crippen molar-refractivity contribution in [3.63, 3.8) is 0 Å². The molecule has 2 rings (SSSR count). The molecule has 104 valence electrons. The van der Waals surface area contributed by atoms with Crippen molar-refractivity contribution in [3.05, 3.63) is 23.8 Å². The molecule has 3 heteroatoms. The van der Waals surface area contributed by atoms with Crippen LogP contribution in [0.15, 0.2) is 18.2 Å². The van der Waals surface area contributed by atoms with E-state index in [4.69, 9.17) is 0 Å². The van der Waals surface area contributed by atoms with Gasteiger partial charge in [0.05, 0.1) is 0 Å². The van der Waals surface area contributed by atoms with Gasteiger partial charge in [-0.3, -0.25) is 4.79 Å². The molecule has 2 unspecified atom stereocenters. The zero-order chi connectivity index (χ0) is 14.0. The van der Waals surface area contributed by atoms with Crippen molar-refractivity contribution in [1.29, 1.82) is 0 Å². The average molecular weight is 260 g/mol. The van der Waals surface area contributed by atoms with Gasteiger partial charge in [0, 0.05) is 30.9 Å². The van der Waals surface area contributed by atoms with Crippen LogP contribution in [0.1, 0.15) is 39.7 Å². The highest BCUT2D eigenvalue weighted by Gasteiger charge is 2.22. The van der Waals surface area contributed by atoms with E-state index < -0.39 is 0 Å². The first kappa shape index (κ1) is 13.9. The van der Waals surface area contributed by atoms with Gasteiger partial charge in [0.25, 0.3) is 0 Å². The summed E-state index contributed by atoms with van der Waals surface area (Å²) in [6.45, 7) is 9.16. The molecule has 1 aromatic rings. The van der Waals surface area contributed by atoms with Gasteiger partial charge in [0.1, 0.15) is 0 Å². The van der Waals surface area contributed by atoms with E-state index in [0.717, 1.165) is 24.3 Å². The van der Waals surface area contributed by atoms with Crippen LogP contribution in [0.4, 0.5) is 11.4 Å². The third-order valence-corrected chi connectivity index (χ3v) is 4.25. The lowest BCUT2D eigenvalue weighted by atomic mass is 10.0. The van der Waals surface area contributed by atoms with Crippen molar-refractivity contribution >= 4 is 17.3 Å². The van der Waals surface area contributed by atoms with E-state index in [1.165, 1.54) is 12.0 Å². The molecule has 0 aromatic heterocycles. The zero-order valence-electron chi connectivity index (χ0n) is 12.4. The Labute approximate surface area is 116 Å². The molecule has 0 bridgehead atoms. The third kappa shape index (κ3) is 2.91. The molecule has 0 fully saturated rings. The summed E-state index contributed by atoms with van der Waals surface area (Å²) in [5.41, 5.74) is 3.52. The van der Waals surface area contributed by atoms with Gasteiger partial charge in [-0.25, -0.2) is 0 Å². The second-order valence-corrected chi connectivity index (χ2v) is 5.58. The van der Waals surface area contributed by atoms with E-state index in [-0.39, 0.29) is 5.91 Å². The molecule has 0 aliphatic carbocycles. The number of anilines is 2. The van der Waals surface area contributed by atoms with Crippen LogP contribution in [0.25, 0.3) is 0 Å². The van der Waals surface area contributed by atoms with E-state index in [0.29, 0.717) is 12.0 Å². The summed E-state index contributed by atoms with van der Waals surface area (Å²) >= 11 is 0. The number of rotatable bonds is 4. The summed E-state index contributed by atoms with van der Waals surface area (Å²) < 4.78 is 0. The van der Waals surface area contributed by atoms with Crippen molar-refractivity contribution in [2.24, 2.45) is 5.92 Å². The fraction of sp³-hybridized carbons (Fsp3) is 0.562. The Hall–Kier alpha value is -1.51. The van der Waals surface area contributed by atoms with Gasteiger partial charge in [0.15, 0.2) is 0 Å². The normalized spacial score (nSPS) is 16.9. The van der Waals surface area contributed by atoms with Crippen molar-refractivity contribution in [2.45, 2.75) is 46.6 Å². The first-order valence-electron chi connectivity index (χ1n) is 7.20. The number of benzene rings is 1. The Morgan fingerprint density at radius 2 is 2.16 bits per heavy atom. The lowest BCUT2D eigenvalue weighted by Gasteiger charge is -2.22. The van der Waals surface area contributed by atoms with Crippen molar-refractivity contribution < 1.29 is 4.79 Å². The van der Waals surface area contributed by atoms with E-state index in [2.05, 4.69) is 44.3 Å². The molecule has 1 amide bonds. The third-order valence-electron chi connectivity index (χ3n) is 4.25. The quantitative estimate of drug-likeness (QED) is 0.899. The number of nitrogens with one attached hydrogen (secondary N) is 1. The molecular formula is C16H24N2O. The second-order valence-electron chi connectivity index (χ2n) is 5.58. The molecule has 1 N–H and O–H groups in total. The van der Waals surface area contributed by atoms with Gasteiger partial charge in [-0.15, -0.1) is 0 Å². The number of fused-ring (bicyclic) bond motifs is 1. The fourth-order valence-corrected chi connectivity index (χ4v) is 2.58. The van der Waals surface area contributed by atoms with Crippen LogP contribution in [0.2, 0.25) is 0 Å². The highest BCUT2D eigenvalue weighted by molar-refractivity contribution is 5.94. The predicted molar refractivity (Wildman–Crippen MR) is 80.7 cm³/mol. The molecule has 3 nitrogen and oxygen atoms in total. The van der Waals surface area contributed by atoms with Crippen molar-refractivity contribution in [3.8, 4) is 0 Å². The smallest absolute Gasteiger partial charge is 0.223 e. The van der Waals surface area contributed by atoms with E-state index in [1.54, 1.807) is 6.92 Å². The highest BCUT2D eigenvalue weighted by Crippen LogP contribution is 2.31. The minimum Gasteiger partial charge on any atom is -0.382 e. The minimum absolute atomic E-state index is 0.132. The first-order chi connectivity index (χ1) is 9.02. The largest absolute Gasteiger partial charge is 0.382 e. The van der Waals surface area contributed by atoms with Crippen LogP contribution in [-0.4, -0.2) is 18.5 Å². The Kier molecular flexibility index (Phi) is 4.13. The molecule has 0 saturated heterocycles. The first-order valence-corrected chi connectivity index (χ1v) is 7.20. The van der Waals surface area contributed by atoms with Crippen molar-refractivity contribution in [2.75, 3.05) is 16.8 Å². The summed E-state index contributed by atoms with van der Waals surface area (Å²) in [4.78, 5) is 13.4. The number of carbonyl (C=O) groups is 1. The highest BCUT2D eigenvalue weighted by atomic mass is 16.2. The summed E-state index contributed by atoms with van der Waals surface area (Å²) in [5, 5.41) is 3.56. The maximum atomic E-state index is 11.5. The van der Waals surface area contributed by atoms with Gasteiger partial charge in [0.2, 0.25) is 5.91 Å². The maximum Gasteiger partial charge on any atom is 0.223 e. The molecule has 1 heterocycles. The predicted octanol–water partition coefficient (Wildman–Crippen LogP) is 3.44. The lowest BCUT2D eigenvalue weighted by molar-refractivity contribution is -0.116. The Balaban J connectivity index is 2.13. The molecule has 0 radical (unpaired) electrons. The number of nitrogens with zero attached hydrogens (tertiary/aromatic N) is 1. The Bertz CT molecular complexity index is 470. The van der Waals surface area contributed by atoms with Crippen LogP contribution in [0.3, 0.4) is 0 Å². The minimum atomic E-state index is 0.132. The van der Waals surface area contributed by atoms with Gasteiger partial charge in [-0.05, 0) is 43.0 Å². The lowest BCUT2D eigenvalue weighted by Crippen LogP contribution is -2.25. The Morgan fingerprint density at radius 1 is 1.42 bits per heavy atom. The molecule has 0 spiro atoms. The number of carbonyl (C=O) groups excluding carboxylic acids is 1. The Morgan fingerprint density at radius 3 is 2.79 bits per heavy atom. The molecule has 19 heavy (non-hydrogen) atoms. The number of hydrogen-bond donors (Lipinski definition) is 1. The number of amides is 1. The monoisotopic (exact) mass is 260 g/mol. The van der Waals surface area contributed by atoms with Gasteiger partial charge in [-0.1, -0.05) is 20.3 Å². The molecule has 1 aliphatic heterocycles. The molecule has 1 aromatic carbocycles. The SMILES string of the molecule is CCC(C)C(C)Nc1ccc2c(c1)CCN2C(C)=O. The zero-order valence-corrected chi connectivity index (χ0v) is 12.4. The molecular weight excluding hydrogens is 236 g/mol. The average Bonchev–Trinajstić information content (AvgIpc) is 2.80. The van der Waals surface area contributed by atoms with Crippen molar-refractivity contribution in [1.82, 2.24) is 0 Å². The summed E-state index contributed by atoms with van der Waals surface area (Å²) in [5.74, 6) is 0.786. The van der Waals surface area contributed by atoms with Gasteiger partial charge >= 0.3 is 0 Å². The van der Waals surface area contributed by atoms with Gasteiger partial charge in [-0.2, -0.15) is 0 Å². The maximum absolute atomic E-state index is 11.5. The van der Waals surface area contributed by atoms with Crippen LogP contribution in [0.5, 0.6) is 0 Å². The second kappa shape index (κ2) is 5.64. The topological polar surface area (TPSA) is 32.3 Å². The summed E-state index contributed by atoms with van der Waals surface area (Å²) in [6.07, 6.45) is 2.14. The summed E-state index contributed by atoms with van der Waals surface area (Å²) in [7, 11) is 0. The van der Waals surface area contributed by atoms with E-state index in [9.17, 15) is 4.79 Å². The molecule has 2 atom stereocenters. The van der Waals surface area contributed by atoms with Crippen LogP contribution >= 0.6 is 0 Å². The van der Waals surface area contributed by atoms with Crippen LogP contribution < -0.4 is 10.2 Å². The standard InChI is InChI=1S/C16H24N2O/c1-5-11(2)12(3)17-15-6-7-16-14(10-15)8-9-18(16)13(4)19/h6-7,10-12,17H,5,8-9H2,1-4H3. The van der Waals surface area contributed by atoms with E-state index in [1.807, 2.05) is 4.90 Å². The van der Waals surface area contributed by atoms with Gasteiger partial charge < -0.3 is 10.2 Å². The van der Waals surface area contributed by atoms with Crippen LogP contribution in [0, 0.1) is 5.92 Å². The number of hydrogen-bond acceptors (Lipinski definition) is 2. The van der Waals surface area contributed by atoms with Crippen LogP contribution in [-0.2, 0) is 11.2 Å². The molecule has 1 aliphatic rings. The molecule has 0 saturated carbocycles. The fourth-order valence-electron chi connectivity index (χ4n) is 2.58.